The van der Waals surface area contributed by atoms with Crippen molar-refractivity contribution in [3.8, 4) is 17.1 Å². The number of aryl methyl sites for hydroxylation is 1. The number of amides is 1. The van der Waals surface area contributed by atoms with Gasteiger partial charge < -0.3 is 19.7 Å². The number of rotatable bonds is 6. The number of hydrogen-bond acceptors (Lipinski definition) is 6. The molecule has 0 atom stereocenters. The van der Waals surface area contributed by atoms with Crippen molar-refractivity contribution in [1.29, 1.82) is 0 Å². The number of hydrogen-bond donors (Lipinski definition) is 2. The number of carbonyl (C=O) groups excluding carboxylic acids is 1. The van der Waals surface area contributed by atoms with Crippen molar-refractivity contribution >= 4 is 27.5 Å². The van der Waals surface area contributed by atoms with Crippen molar-refractivity contribution in [3.05, 3.63) is 58.1 Å². The summed E-state index contributed by atoms with van der Waals surface area (Å²) >= 11 is 3.23. The van der Waals surface area contributed by atoms with Gasteiger partial charge in [-0.1, -0.05) is 5.16 Å². The molecule has 2 N–H and O–H groups in total. The number of nitrogens with zero attached hydrogens (tertiary/aromatic N) is 2. The third-order valence-corrected chi connectivity index (χ3v) is 4.05. The smallest absolute Gasteiger partial charge is 0.261 e. The van der Waals surface area contributed by atoms with Crippen molar-refractivity contribution in [2.75, 3.05) is 18.5 Å². The van der Waals surface area contributed by atoms with Gasteiger partial charge in [0.1, 0.15) is 39.7 Å². The number of halogens is 2. The first-order valence-electron chi connectivity index (χ1n) is 7.93. The number of ether oxygens (including phenoxy) is 1. The summed E-state index contributed by atoms with van der Waals surface area (Å²) < 4.78 is 24.2. The van der Waals surface area contributed by atoms with E-state index < -0.39 is 11.7 Å². The maximum Gasteiger partial charge on any atom is 0.261 e. The zero-order valence-corrected chi connectivity index (χ0v) is 15.8. The van der Waals surface area contributed by atoms with Crippen LogP contribution in [-0.2, 0) is 0 Å². The van der Waals surface area contributed by atoms with Crippen LogP contribution in [0, 0.1) is 12.7 Å². The molecule has 1 aromatic carbocycles. The molecule has 0 saturated heterocycles. The van der Waals surface area contributed by atoms with E-state index in [1.807, 2.05) is 0 Å². The van der Waals surface area contributed by atoms with E-state index in [1.165, 1.54) is 24.3 Å². The van der Waals surface area contributed by atoms with Gasteiger partial charge in [0, 0.05) is 5.56 Å². The van der Waals surface area contributed by atoms with Crippen LogP contribution in [-0.4, -0.2) is 34.4 Å². The van der Waals surface area contributed by atoms with Crippen LogP contribution in [0.5, 0.6) is 5.88 Å². The van der Waals surface area contributed by atoms with Gasteiger partial charge in [-0.15, -0.1) is 0 Å². The van der Waals surface area contributed by atoms with Crippen LogP contribution in [0.15, 0.2) is 45.5 Å². The van der Waals surface area contributed by atoms with E-state index >= 15 is 0 Å². The van der Waals surface area contributed by atoms with E-state index in [1.54, 1.807) is 19.1 Å². The second-order valence-electron chi connectivity index (χ2n) is 5.48. The fourth-order valence-electron chi connectivity index (χ4n) is 2.39. The monoisotopic (exact) mass is 435 g/mol. The third-order valence-electron chi connectivity index (χ3n) is 3.61. The van der Waals surface area contributed by atoms with Crippen LogP contribution < -0.4 is 10.1 Å². The minimum Gasteiger partial charge on any atom is -0.474 e. The van der Waals surface area contributed by atoms with Gasteiger partial charge in [-0.25, -0.2) is 9.37 Å². The first kappa shape index (κ1) is 19.0. The van der Waals surface area contributed by atoms with Crippen LogP contribution >= 0.6 is 15.9 Å². The second kappa shape index (κ2) is 8.28. The Morgan fingerprint density at radius 3 is 2.74 bits per heavy atom. The SMILES string of the molecule is Cc1onc(-c2ccc(F)cc2)c1C(=O)Nc1ccc(Br)nc1OCCO. The molecule has 0 radical (unpaired) electrons. The summed E-state index contributed by atoms with van der Waals surface area (Å²) in [5, 5.41) is 15.6. The Kier molecular flexibility index (Phi) is 5.82. The number of pyridine rings is 1. The van der Waals surface area contributed by atoms with E-state index in [0.717, 1.165) is 0 Å². The maximum absolute atomic E-state index is 13.2. The topological polar surface area (TPSA) is 97.5 Å². The van der Waals surface area contributed by atoms with Gasteiger partial charge in [0.05, 0.1) is 6.61 Å². The van der Waals surface area contributed by atoms with Crippen molar-refractivity contribution in [2.45, 2.75) is 6.92 Å². The fraction of sp³-hybridized carbons (Fsp3) is 0.167. The van der Waals surface area contributed by atoms with Crippen LogP contribution in [0.25, 0.3) is 11.3 Å². The number of anilines is 1. The Balaban J connectivity index is 1.92. The molecule has 0 aliphatic carbocycles. The Morgan fingerprint density at radius 1 is 1.30 bits per heavy atom. The highest BCUT2D eigenvalue weighted by atomic mass is 79.9. The largest absolute Gasteiger partial charge is 0.474 e. The van der Waals surface area contributed by atoms with Gasteiger partial charge >= 0.3 is 0 Å². The highest BCUT2D eigenvalue weighted by Crippen LogP contribution is 2.29. The molecular weight excluding hydrogens is 421 g/mol. The number of carbonyl (C=O) groups is 1. The molecule has 0 bridgehead atoms. The minimum absolute atomic E-state index is 0.0272. The molecule has 3 aromatic rings. The lowest BCUT2D eigenvalue weighted by Crippen LogP contribution is -2.15. The first-order valence-corrected chi connectivity index (χ1v) is 8.72. The normalized spacial score (nSPS) is 10.7. The summed E-state index contributed by atoms with van der Waals surface area (Å²) in [6.45, 7) is 1.44. The minimum atomic E-state index is -0.481. The summed E-state index contributed by atoms with van der Waals surface area (Å²) in [4.78, 5) is 17.0. The quantitative estimate of drug-likeness (QED) is 0.574. The maximum atomic E-state index is 13.2. The lowest BCUT2D eigenvalue weighted by atomic mass is 10.1. The average molecular weight is 436 g/mol. The number of aliphatic hydroxyl groups is 1. The molecule has 140 valence electrons. The molecule has 0 unspecified atom stereocenters. The summed E-state index contributed by atoms with van der Waals surface area (Å²) in [7, 11) is 0. The molecule has 27 heavy (non-hydrogen) atoms. The highest BCUT2D eigenvalue weighted by molar-refractivity contribution is 9.10. The molecule has 0 saturated carbocycles. The Morgan fingerprint density at radius 2 is 2.04 bits per heavy atom. The Bertz CT molecular complexity index is 960. The lowest BCUT2D eigenvalue weighted by molar-refractivity contribution is 0.102. The van der Waals surface area contributed by atoms with Crippen LogP contribution in [0.3, 0.4) is 0 Å². The van der Waals surface area contributed by atoms with Gasteiger partial charge in [0.25, 0.3) is 5.91 Å². The number of benzene rings is 1. The summed E-state index contributed by atoms with van der Waals surface area (Å²) in [6, 6.07) is 8.84. The van der Waals surface area contributed by atoms with Gasteiger partial charge in [-0.2, -0.15) is 0 Å². The molecule has 0 fully saturated rings. The zero-order chi connectivity index (χ0) is 19.4. The lowest BCUT2D eigenvalue weighted by Gasteiger charge is -2.11. The third kappa shape index (κ3) is 4.32. The van der Waals surface area contributed by atoms with Gasteiger partial charge in [0.15, 0.2) is 0 Å². The zero-order valence-electron chi connectivity index (χ0n) is 14.2. The Hall–Kier alpha value is -2.78. The van der Waals surface area contributed by atoms with E-state index in [0.29, 0.717) is 27.3 Å². The molecule has 3 rings (SSSR count). The van der Waals surface area contributed by atoms with E-state index in [9.17, 15) is 9.18 Å². The predicted octanol–water partition coefficient (Wildman–Crippen LogP) is 3.57. The molecule has 0 spiro atoms. The van der Waals surface area contributed by atoms with Gasteiger partial charge in [-0.05, 0) is 59.3 Å². The molecule has 2 heterocycles. The Labute approximate surface area is 162 Å². The number of aliphatic hydroxyl groups excluding tert-OH is 1. The van der Waals surface area contributed by atoms with Crippen molar-refractivity contribution in [2.24, 2.45) is 0 Å². The summed E-state index contributed by atoms with van der Waals surface area (Å²) in [5.41, 5.74) is 1.39. The first-order chi connectivity index (χ1) is 13.0. The van der Waals surface area contributed by atoms with Crippen LogP contribution in [0.1, 0.15) is 16.1 Å². The highest BCUT2D eigenvalue weighted by Gasteiger charge is 2.23. The average Bonchev–Trinajstić information content (AvgIpc) is 3.04. The fourth-order valence-corrected chi connectivity index (χ4v) is 2.69. The van der Waals surface area contributed by atoms with E-state index in [4.69, 9.17) is 14.4 Å². The second-order valence-corrected chi connectivity index (χ2v) is 6.29. The molecule has 0 aliphatic rings. The molecular formula is C18H15BrFN3O4. The molecule has 1 amide bonds. The van der Waals surface area contributed by atoms with E-state index in [-0.39, 0.29) is 24.7 Å². The van der Waals surface area contributed by atoms with Crippen molar-refractivity contribution in [1.82, 2.24) is 10.1 Å². The summed E-state index contributed by atoms with van der Waals surface area (Å²) in [5.74, 6) is -0.401. The number of nitrogens with one attached hydrogen (secondary N) is 1. The van der Waals surface area contributed by atoms with Crippen molar-refractivity contribution < 1.29 is 23.6 Å². The number of aromatic nitrogens is 2. The molecule has 0 aliphatic heterocycles. The standard InChI is InChI=1S/C18H15BrFN3O4/c1-10-15(16(23-27-10)11-2-4-12(20)5-3-11)17(25)21-13-6-7-14(19)22-18(13)26-9-8-24/h2-7,24H,8-9H2,1H3,(H,21,25). The van der Waals surface area contributed by atoms with E-state index in [2.05, 4.69) is 31.4 Å². The van der Waals surface area contributed by atoms with Crippen LogP contribution in [0.2, 0.25) is 0 Å². The van der Waals surface area contributed by atoms with Gasteiger partial charge in [0.2, 0.25) is 5.88 Å². The molecule has 7 nitrogen and oxygen atoms in total. The summed E-state index contributed by atoms with van der Waals surface area (Å²) in [6.07, 6.45) is 0. The van der Waals surface area contributed by atoms with Crippen LogP contribution in [0.4, 0.5) is 10.1 Å². The molecule has 2 aromatic heterocycles. The van der Waals surface area contributed by atoms with Gasteiger partial charge in [-0.3, -0.25) is 4.79 Å². The molecule has 9 heteroatoms. The van der Waals surface area contributed by atoms with Crippen molar-refractivity contribution in [3.63, 3.8) is 0 Å². The predicted molar refractivity (Wildman–Crippen MR) is 99.1 cm³/mol.